The zero-order valence-corrected chi connectivity index (χ0v) is 13.7. The summed E-state index contributed by atoms with van der Waals surface area (Å²) in [6.45, 7) is 4.36. The molecule has 0 fully saturated rings. The Balaban J connectivity index is 1.97. The number of anilines is 2. The van der Waals surface area contributed by atoms with Crippen LogP contribution in [0.15, 0.2) is 48.5 Å². The maximum Gasteiger partial charge on any atom is 0.335 e. The van der Waals surface area contributed by atoms with E-state index in [0.717, 1.165) is 16.9 Å². The molecule has 124 valence electrons. The summed E-state index contributed by atoms with van der Waals surface area (Å²) in [6, 6.07) is 14.1. The molecule has 2 N–H and O–H groups in total. The highest BCUT2D eigenvalue weighted by Gasteiger charge is 2.34. The fraction of sp³-hybridized carbons (Fsp3) is 0.263. The van der Waals surface area contributed by atoms with Crippen LogP contribution >= 0.6 is 0 Å². The van der Waals surface area contributed by atoms with Crippen LogP contribution in [0, 0.1) is 5.92 Å². The van der Waals surface area contributed by atoms with Gasteiger partial charge in [0.05, 0.1) is 23.5 Å². The van der Waals surface area contributed by atoms with Crippen LogP contribution in [0.1, 0.15) is 29.8 Å². The summed E-state index contributed by atoms with van der Waals surface area (Å²) in [6.07, 6.45) is 0. The van der Waals surface area contributed by atoms with Gasteiger partial charge in [0.25, 0.3) is 0 Å². The highest BCUT2D eigenvalue weighted by Crippen LogP contribution is 2.34. The average molecular weight is 324 g/mol. The van der Waals surface area contributed by atoms with E-state index >= 15 is 0 Å². The molecule has 3 rings (SSSR count). The van der Waals surface area contributed by atoms with Gasteiger partial charge in [0, 0.05) is 0 Å². The topological polar surface area (TPSA) is 69.6 Å². The van der Waals surface area contributed by atoms with Gasteiger partial charge < -0.3 is 15.3 Å². The summed E-state index contributed by atoms with van der Waals surface area (Å²) < 4.78 is 0. The van der Waals surface area contributed by atoms with Gasteiger partial charge in [0.1, 0.15) is 6.04 Å². The molecule has 0 saturated heterocycles. The number of carbonyl (C=O) groups excluding carboxylic acids is 1. The third kappa shape index (κ3) is 2.97. The molecule has 1 amide bonds. The molecule has 0 saturated carbocycles. The Kier molecular flexibility index (Phi) is 4.25. The first kappa shape index (κ1) is 16.1. The van der Waals surface area contributed by atoms with Crippen molar-refractivity contribution in [2.75, 3.05) is 10.2 Å². The van der Waals surface area contributed by atoms with Crippen molar-refractivity contribution in [3.63, 3.8) is 0 Å². The molecule has 1 heterocycles. The maximum atomic E-state index is 12.9. The minimum atomic E-state index is -0.969. The van der Waals surface area contributed by atoms with Crippen LogP contribution in [0.5, 0.6) is 0 Å². The lowest BCUT2D eigenvalue weighted by Crippen LogP contribution is -2.49. The number of nitrogens with one attached hydrogen (secondary N) is 1. The number of amides is 1. The molecule has 1 unspecified atom stereocenters. The lowest BCUT2D eigenvalue weighted by Gasteiger charge is -2.37. The van der Waals surface area contributed by atoms with Crippen LogP contribution in [0.2, 0.25) is 0 Å². The van der Waals surface area contributed by atoms with Crippen LogP contribution in [-0.2, 0) is 11.3 Å². The van der Waals surface area contributed by atoms with Gasteiger partial charge in [-0.25, -0.2) is 4.79 Å². The Hall–Kier alpha value is -2.82. The van der Waals surface area contributed by atoms with Gasteiger partial charge in [-0.2, -0.15) is 0 Å². The molecule has 0 aromatic heterocycles. The van der Waals surface area contributed by atoms with Crippen LogP contribution in [-0.4, -0.2) is 23.0 Å². The highest BCUT2D eigenvalue weighted by atomic mass is 16.4. The molecule has 1 atom stereocenters. The molecule has 0 bridgehead atoms. The van der Waals surface area contributed by atoms with Gasteiger partial charge in [-0.1, -0.05) is 38.1 Å². The van der Waals surface area contributed by atoms with Crippen molar-refractivity contribution in [3.05, 3.63) is 59.7 Å². The number of hydrogen-bond acceptors (Lipinski definition) is 3. The Morgan fingerprint density at radius 2 is 1.96 bits per heavy atom. The molecule has 1 aliphatic rings. The number of fused-ring (bicyclic) bond motifs is 1. The number of carboxylic acid groups (broad SMARTS) is 1. The normalized spacial score (nSPS) is 16.7. The predicted molar refractivity (Wildman–Crippen MR) is 93.3 cm³/mol. The molecular weight excluding hydrogens is 304 g/mol. The van der Waals surface area contributed by atoms with Gasteiger partial charge in [0.2, 0.25) is 5.91 Å². The van der Waals surface area contributed by atoms with E-state index in [1.165, 1.54) is 0 Å². The lowest BCUT2D eigenvalue weighted by molar-refractivity contribution is -0.120. The number of carbonyl (C=O) groups is 2. The average Bonchev–Trinajstić information content (AvgIpc) is 2.57. The Morgan fingerprint density at radius 1 is 1.21 bits per heavy atom. The number of nitrogens with zero attached hydrogens (tertiary/aromatic N) is 1. The summed E-state index contributed by atoms with van der Waals surface area (Å²) in [7, 11) is 0. The number of para-hydroxylation sites is 2. The Bertz CT molecular complexity index is 786. The smallest absolute Gasteiger partial charge is 0.335 e. The fourth-order valence-electron chi connectivity index (χ4n) is 2.95. The second kappa shape index (κ2) is 6.35. The molecule has 2 aromatic rings. The van der Waals surface area contributed by atoms with Crippen molar-refractivity contribution in [2.45, 2.75) is 26.4 Å². The summed E-state index contributed by atoms with van der Waals surface area (Å²) in [5, 5.41) is 12.5. The van der Waals surface area contributed by atoms with E-state index in [9.17, 15) is 9.59 Å². The zero-order chi connectivity index (χ0) is 17.3. The summed E-state index contributed by atoms with van der Waals surface area (Å²) in [5.74, 6) is -0.813. The number of rotatable bonds is 4. The molecule has 24 heavy (non-hydrogen) atoms. The number of aromatic carboxylic acids is 1. The van der Waals surface area contributed by atoms with E-state index in [2.05, 4.69) is 5.32 Å². The van der Waals surface area contributed by atoms with Crippen LogP contribution in [0.4, 0.5) is 11.4 Å². The van der Waals surface area contributed by atoms with Crippen LogP contribution in [0.25, 0.3) is 0 Å². The molecule has 1 aliphatic heterocycles. The number of benzene rings is 2. The Morgan fingerprint density at radius 3 is 2.67 bits per heavy atom. The first-order chi connectivity index (χ1) is 11.5. The van der Waals surface area contributed by atoms with E-state index in [4.69, 9.17) is 5.11 Å². The quantitative estimate of drug-likeness (QED) is 0.905. The third-order valence-electron chi connectivity index (χ3n) is 4.22. The minimum absolute atomic E-state index is 0.00410. The standard InChI is InChI=1S/C19H20N2O3/c1-12(2)17-18(22)21(16-9-4-3-8-15(16)20-17)11-13-6-5-7-14(10-13)19(23)24/h3-10,12,17,20H,11H2,1-2H3,(H,23,24). The van der Waals surface area contributed by atoms with Gasteiger partial charge >= 0.3 is 5.97 Å². The van der Waals surface area contributed by atoms with Gasteiger partial charge in [0.15, 0.2) is 0 Å². The maximum absolute atomic E-state index is 12.9. The fourth-order valence-corrected chi connectivity index (χ4v) is 2.95. The summed E-state index contributed by atoms with van der Waals surface area (Å²) in [4.78, 5) is 25.8. The monoisotopic (exact) mass is 324 g/mol. The van der Waals surface area contributed by atoms with Crippen molar-refractivity contribution in [2.24, 2.45) is 5.92 Å². The predicted octanol–water partition coefficient (Wildman–Crippen LogP) is 3.37. The first-order valence-corrected chi connectivity index (χ1v) is 7.96. The van der Waals surface area contributed by atoms with Gasteiger partial charge in [-0.15, -0.1) is 0 Å². The van der Waals surface area contributed by atoms with Crippen molar-refractivity contribution in [1.29, 1.82) is 0 Å². The van der Waals surface area contributed by atoms with Gasteiger partial charge in [-0.05, 0) is 35.7 Å². The minimum Gasteiger partial charge on any atom is -0.478 e. The number of carboxylic acids is 1. The molecule has 0 radical (unpaired) electrons. The summed E-state index contributed by atoms with van der Waals surface area (Å²) in [5.41, 5.74) is 2.76. The third-order valence-corrected chi connectivity index (χ3v) is 4.22. The summed E-state index contributed by atoms with van der Waals surface area (Å²) >= 11 is 0. The van der Waals surface area contributed by atoms with E-state index in [1.54, 1.807) is 23.1 Å². The first-order valence-electron chi connectivity index (χ1n) is 7.96. The molecule has 0 aliphatic carbocycles. The highest BCUT2D eigenvalue weighted by molar-refractivity contribution is 6.05. The lowest BCUT2D eigenvalue weighted by atomic mass is 9.98. The van der Waals surface area contributed by atoms with Gasteiger partial charge in [-0.3, -0.25) is 4.79 Å². The van der Waals surface area contributed by atoms with E-state index in [-0.39, 0.29) is 23.4 Å². The molecule has 5 nitrogen and oxygen atoms in total. The van der Waals surface area contributed by atoms with E-state index in [0.29, 0.717) is 6.54 Å². The largest absolute Gasteiger partial charge is 0.478 e. The van der Waals surface area contributed by atoms with Crippen LogP contribution in [0.3, 0.4) is 0 Å². The molecule has 5 heteroatoms. The van der Waals surface area contributed by atoms with E-state index in [1.807, 2.05) is 44.2 Å². The SMILES string of the molecule is CC(C)C1Nc2ccccc2N(Cc2cccc(C(=O)O)c2)C1=O. The van der Waals surface area contributed by atoms with Crippen LogP contribution < -0.4 is 10.2 Å². The zero-order valence-electron chi connectivity index (χ0n) is 13.7. The van der Waals surface area contributed by atoms with Crippen molar-refractivity contribution < 1.29 is 14.7 Å². The second-order valence-electron chi connectivity index (χ2n) is 6.31. The number of hydrogen-bond donors (Lipinski definition) is 2. The van der Waals surface area contributed by atoms with E-state index < -0.39 is 5.97 Å². The van der Waals surface area contributed by atoms with Crippen molar-refractivity contribution in [1.82, 2.24) is 0 Å². The molecule has 2 aromatic carbocycles. The van der Waals surface area contributed by atoms with Crippen molar-refractivity contribution >= 4 is 23.3 Å². The second-order valence-corrected chi connectivity index (χ2v) is 6.31. The molecular formula is C19H20N2O3. The van der Waals surface area contributed by atoms with Crippen molar-refractivity contribution in [3.8, 4) is 0 Å². The molecule has 0 spiro atoms. The Labute approximate surface area is 140 Å².